The molecule has 0 unspecified atom stereocenters. The van der Waals surface area contributed by atoms with Crippen LogP contribution < -0.4 is 5.32 Å². The van der Waals surface area contributed by atoms with E-state index in [1.807, 2.05) is 0 Å². The number of hydrogen-bond donors (Lipinski definition) is 1. The summed E-state index contributed by atoms with van der Waals surface area (Å²) in [5.74, 6) is -0.610. The SMILES string of the molecule is O=C(Nc1ccc(C(F)(F)F)c(Cl)c1)c1cc2cc(Cl)ccc2o1. The van der Waals surface area contributed by atoms with Gasteiger partial charge in [0.15, 0.2) is 5.76 Å². The Bertz CT molecular complexity index is 935. The molecule has 0 aliphatic carbocycles. The van der Waals surface area contributed by atoms with Crippen LogP contribution >= 0.6 is 23.2 Å². The van der Waals surface area contributed by atoms with Gasteiger partial charge in [-0.2, -0.15) is 13.2 Å². The number of carbonyl (C=O) groups is 1. The average Bonchev–Trinajstić information content (AvgIpc) is 2.89. The highest BCUT2D eigenvalue weighted by Crippen LogP contribution is 2.36. The van der Waals surface area contributed by atoms with E-state index in [0.717, 1.165) is 18.2 Å². The minimum Gasteiger partial charge on any atom is -0.451 e. The molecule has 0 bridgehead atoms. The lowest BCUT2D eigenvalue weighted by Gasteiger charge is -2.10. The van der Waals surface area contributed by atoms with Crippen molar-refractivity contribution in [2.75, 3.05) is 5.32 Å². The molecule has 1 aromatic heterocycles. The van der Waals surface area contributed by atoms with E-state index in [0.29, 0.717) is 16.0 Å². The Morgan fingerprint density at radius 2 is 1.79 bits per heavy atom. The molecule has 1 heterocycles. The fourth-order valence-electron chi connectivity index (χ4n) is 2.14. The van der Waals surface area contributed by atoms with Gasteiger partial charge in [0.2, 0.25) is 0 Å². The molecule has 8 heteroatoms. The van der Waals surface area contributed by atoms with Crippen molar-refractivity contribution in [3.63, 3.8) is 0 Å². The van der Waals surface area contributed by atoms with Crippen LogP contribution in [0.5, 0.6) is 0 Å². The Balaban J connectivity index is 1.84. The number of fused-ring (bicyclic) bond motifs is 1. The topological polar surface area (TPSA) is 42.2 Å². The lowest BCUT2D eigenvalue weighted by Crippen LogP contribution is -2.12. The second-order valence-electron chi connectivity index (χ2n) is 4.94. The molecule has 3 aromatic rings. The van der Waals surface area contributed by atoms with Gasteiger partial charge in [-0.05, 0) is 42.5 Å². The number of amides is 1. The van der Waals surface area contributed by atoms with E-state index < -0.39 is 22.7 Å². The minimum atomic E-state index is -4.56. The van der Waals surface area contributed by atoms with Crippen LogP contribution in [0.1, 0.15) is 16.1 Å². The molecule has 2 aromatic carbocycles. The van der Waals surface area contributed by atoms with Crippen LogP contribution in [0, 0.1) is 0 Å². The molecule has 0 radical (unpaired) electrons. The second-order valence-corrected chi connectivity index (χ2v) is 5.78. The van der Waals surface area contributed by atoms with Gasteiger partial charge in [-0.1, -0.05) is 23.2 Å². The highest BCUT2D eigenvalue weighted by molar-refractivity contribution is 6.32. The van der Waals surface area contributed by atoms with E-state index in [-0.39, 0.29) is 11.4 Å². The predicted octanol–water partition coefficient (Wildman–Crippen LogP) is 6.01. The van der Waals surface area contributed by atoms with Crippen LogP contribution in [-0.2, 0) is 6.18 Å². The van der Waals surface area contributed by atoms with Crippen LogP contribution in [0.2, 0.25) is 10.0 Å². The molecule has 0 spiro atoms. The Labute approximate surface area is 144 Å². The zero-order valence-electron chi connectivity index (χ0n) is 11.7. The number of nitrogens with one attached hydrogen (secondary N) is 1. The molecule has 3 rings (SSSR count). The van der Waals surface area contributed by atoms with Crippen LogP contribution in [0.15, 0.2) is 46.9 Å². The average molecular weight is 374 g/mol. The number of halogens is 5. The Morgan fingerprint density at radius 3 is 2.46 bits per heavy atom. The smallest absolute Gasteiger partial charge is 0.417 e. The van der Waals surface area contributed by atoms with E-state index in [1.165, 1.54) is 6.07 Å². The number of benzene rings is 2. The zero-order valence-corrected chi connectivity index (χ0v) is 13.3. The predicted molar refractivity (Wildman–Crippen MR) is 85.6 cm³/mol. The third kappa shape index (κ3) is 3.34. The molecule has 1 N–H and O–H groups in total. The van der Waals surface area contributed by atoms with E-state index >= 15 is 0 Å². The molecule has 0 aliphatic rings. The van der Waals surface area contributed by atoms with Crippen molar-refractivity contribution < 1.29 is 22.4 Å². The summed E-state index contributed by atoms with van der Waals surface area (Å²) in [6.07, 6.45) is -4.56. The fraction of sp³-hybridized carbons (Fsp3) is 0.0625. The van der Waals surface area contributed by atoms with Crippen molar-refractivity contribution in [3.8, 4) is 0 Å². The first kappa shape index (κ1) is 16.7. The Morgan fingerprint density at radius 1 is 1.04 bits per heavy atom. The molecular weight excluding hydrogens is 366 g/mol. The van der Waals surface area contributed by atoms with Gasteiger partial charge in [-0.25, -0.2) is 0 Å². The van der Waals surface area contributed by atoms with E-state index in [2.05, 4.69) is 5.32 Å². The molecule has 0 saturated carbocycles. The van der Waals surface area contributed by atoms with E-state index in [1.54, 1.807) is 18.2 Å². The number of hydrogen-bond acceptors (Lipinski definition) is 2. The zero-order chi connectivity index (χ0) is 17.5. The molecule has 0 aliphatic heterocycles. The first-order chi connectivity index (χ1) is 11.2. The molecule has 24 heavy (non-hydrogen) atoms. The highest BCUT2D eigenvalue weighted by atomic mass is 35.5. The summed E-state index contributed by atoms with van der Waals surface area (Å²) in [7, 11) is 0. The molecule has 0 saturated heterocycles. The summed E-state index contributed by atoms with van der Waals surface area (Å²) in [4.78, 5) is 12.2. The van der Waals surface area contributed by atoms with Gasteiger partial charge in [0.1, 0.15) is 5.58 Å². The fourth-order valence-corrected chi connectivity index (χ4v) is 2.61. The van der Waals surface area contributed by atoms with Crippen molar-refractivity contribution in [1.82, 2.24) is 0 Å². The first-order valence-corrected chi connectivity index (χ1v) is 7.37. The van der Waals surface area contributed by atoms with Crippen LogP contribution in [0.4, 0.5) is 18.9 Å². The summed E-state index contributed by atoms with van der Waals surface area (Å²) >= 11 is 11.5. The van der Waals surface area contributed by atoms with Gasteiger partial charge in [-0.15, -0.1) is 0 Å². The number of rotatable bonds is 2. The van der Waals surface area contributed by atoms with Crippen molar-refractivity contribution in [2.24, 2.45) is 0 Å². The molecule has 3 nitrogen and oxygen atoms in total. The second kappa shape index (κ2) is 6.03. The molecule has 1 amide bonds. The standard InChI is InChI=1S/C16H8Cl2F3NO2/c17-9-1-4-13-8(5-9)6-14(24-13)15(23)22-10-2-3-11(12(18)7-10)16(19,20)21/h1-7H,(H,22,23). The maximum atomic E-state index is 12.7. The maximum Gasteiger partial charge on any atom is 0.417 e. The Hall–Kier alpha value is -2.18. The summed E-state index contributed by atoms with van der Waals surface area (Å²) in [5, 5.41) is 3.06. The summed E-state index contributed by atoms with van der Waals surface area (Å²) < 4.78 is 43.4. The van der Waals surface area contributed by atoms with E-state index in [9.17, 15) is 18.0 Å². The minimum absolute atomic E-state index is 0.00304. The van der Waals surface area contributed by atoms with Crippen molar-refractivity contribution in [3.05, 3.63) is 63.8 Å². The number of anilines is 1. The number of furan rings is 1. The number of carbonyl (C=O) groups excluding carboxylic acids is 1. The quantitative estimate of drug-likeness (QED) is 0.597. The summed E-state index contributed by atoms with van der Waals surface area (Å²) in [5.41, 5.74) is -0.382. The van der Waals surface area contributed by atoms with Gasteiger partial charge >= 0.3 is 6.18 Å². The lowest BCUT2D eigenvalue weighted by atomic mass is 10.2. The monoisotopic (exact) mass is 373 g/mol. The van der Waals surface area contributed by atoms with Crippen LogP contribution in [0.25, 0.3) is 11.0 Å². The molecule has 124 valence electrons. The molecular formula is C16H8Cl2F3NO2. The first-order valence-electron chi connectivity index (χ1n) is 6.61. The summed E-state index contributed by atoms with van der Waals surface area (Å²) in [6.45, 7) is 0. The Kier molecular flexibility index (Phi) is 4.19. The maximum absolute atomic E-state index is 12.7. The largest absolute Gasteiger partial charge is 0.451 e. The summed E-state index contributed by atoms with van der Waals surface area (Å²) in [6, 6.07) is 9.30. The van der Waals surface area contributed by atoms with Gasteiger partial charge in [-0.3, -0.25) is 4.79 Å². The van der Waals surface area contributed by atoms with Crippen LogP contribution in [-0.4, -0.2) is 5.91 Å². The lowest BCUT2D eigenvalue weighted by molar-refractivity contribution is -0.137. The molecule has 0 fully saturated rings. The van der Waals surface area contributed by atoms with Gasteiger partial charge in [0.25, 0.3) is 5.91 Å². The highest BCUT2D eigenvalue weighted by Gasteiger charge is 2.33. The van der Waals surface area contributed by atoms with E-state index in [4.69, 9.17) is 27.6 Å². The van der Waals surface area contributed by atoms with Crippen LogP contribution in [0.3, 0.4) is 0 Å². The third-order valence-corrected chi connectivity index (χ3v) is 3.78. The van der Waals surface area contributed by atoms with Gasteiger partial charge in [0.05, 0.1) is 10.6 Å². The third-order valence-electron chi connectivity index (χ3n) is 3.23. The van der Waals surface area contributed by atoms with Crippen molar-refractivity contribution in [2.45, 2.75) is 6.18 Å². The normalized spacial score (nSPS) is 11.7. The number of alkyl halides is 3. The van der Waals surface area contributed by atoms with Crippen molar-refractivity contribution >= 4 is 45.8 Å². The van der Waals surface area contributed by atoms with Gasteiger partial charge < -0.3 is 9.73 Å². The molecule has 0 atom stereocenters. The van der Waals surface area contributed by atoms with Gasteiger partial charge in [0, 0.05) is 16.1 Å². The van der Waals surface area contributed by atoms with Crippen molar-refractivity contribution in [1.29, 1.82) is 0 Å².